The summed E-state index contributed by atoms with van der Waals surface area (Å²) in [5.74, 6) is 1.03. The molecule has 0 saturated heterocycles. The number of hydrogen-bond acceptors (Lipinski definition) is 3. The van der Waals surface area contributed by atoms with Crippen LogP contribution in [0.2, 0.25) is 0 Å². The molecule has 0 aliphatic carbocycles. The van der Waals surface area contributed by atoms with Gasteiger partial charge in [0.15, 0.2) is 5.65 Å². The molecule has 0 amide bonds. The minimum Gasteiger partial charge on any atom is -0.341 e. The summed E-state index contributed by atoms with van der Waals surface area (Å²) in [6.07, 6.45) is 8.44. The lowest BCUT2D eigenvalue weighted by atomic mass is 9.98. The molecule has 2 aromatic heterocycles. The van der Waals surface area contributed by atoms with Gasteiger partial charge in [0.25, 0.3) is 0 Å². The van der Waals surface area contributed by atoms with Crippen LogP contribution in [0.5, 0.6) is 0 Å². The SMILES string of the molecule is CCCCCCCCc1c(C)c(C#N)c2nc3ccccc3n2c1Nc1ccccc1. The number of fused-ring (bicyclic) bond motifs is 3. The first-order valence-corrected chi connectivity index (χ1v) is 11.4. The smallest absolute Gasteiger partial charge is 0.157 e. The van der Waals surface area contributed by atoms with Crippen LogP contribution in [0.3, 0.4) is 0 Å². The molecule has 4 aromatic rings. The normalized spacial score (nSPS) is 11.1. The largest absolute Gasteiger partial charge is 0.341 e. The minimum atomic E-state index is 0.677. The summed E-state index contributed by atoms with van der Waals surface area (Å²) in [7, 11) is 0. The maximum Gasteiger partial charge on any atom is 0.157 e. The van der Waals surface area contributed by atoms with Crippen molar-refractivity contribution in [3.8, 4) is 6.07 Å². The third-order valence-electron chi connectivity index (χ3n) is 6.05. The van der Waals surface area contributed by atoms with Crippen molar-refractivity contribution < 1.29 is 0 Å². The van der Waals surface area contributed by atoms with E-state index in [9.17, 15) is 5.26 Å². The molecule has 0 spiro atoms. The second-order valence-corrected chi connectivity index (χ2v) is 8.21. The van der Waals surface area contributed by atoms with Gasteiger partial charge in [-0.15, -0.1) is 0 Å². The van der Waals surface area contributed by atoms with Gasteiger partial charge >= 0.3 is 0 Å². The molecule has 0 aliphatic heterocycles. The average Bonchev–Trinajstić information content (AvgIpc) is 3.18. The Hall–Kier alpha value is -3.32. The molecule has 1 N–H and O–H groups in total. The standard InChI is InChI=1S/C27H30N4/c1-3-4-5-6-7-11-16-22-20(2)23(19-28)27-30-24-17-12-13-18-25(24)31(27)26(22)29-21-14-9-8-10-15-21/h8-10,12-15,17-18,29H,3-7,11,16H2,1-2H3. The fourth-order valence-electron chi connectivity index (χ4n) is 4.36. The first-order valence-electron chi connectivity index (χ1n) is 11.4. The number of nitrogens with one attached hydrogen (secondary N) is 1. The number of aromatic nitrogens is 2. The second kappa shape index (κ2) is 9.66. The van der Waals surface area contributed by atoms with E-state index in [4.69, 9.17) is 4.98 Å². The van der Waals surface area contributed by atoms with E-state index >= 15 is 0 Å². The van der Waals surface area contributed by atoms with Crippen LogP contribution >= 0.6 is 0 Å². The van der Waals surface area contributed by atoms with Gasteiger partial charge in [-0.05, 0) is 55.2 Å². The van der Waals surface area contributed by atoms with Gasteiger partial charge in [0.05, 0.1) is 16.6 Å². The minimum absolute atomic E-state index is 0.677. The molecule has 0 unspecified atom stereocenters. The van der Waals surface area contributed by atoms with Crippen molar-refractivity contribution in [3.63, 3.8) is 0 Å². The molecular formula is C27H30N4. The Balaban J connectivity index is 1.83. The molecule has 4 rings (SSSR count). The Morgan fingerprint density at radius 1 is 0.935 bits per heavy atom. The highest BCUT2D eigenvalue weighted by Gasteiger charge is 2.20. The van der Waals surface area contributed by atoms with Crippen LogP contribution in [0.1, 0.15) is 62.1 Å². The number of anilines is 2. The summed E-state index contributed by atoms with van der Waals surface area (Å²) in [4.78, 5) is 4.82. The highest BCUT2D eigenvalue weighted by molar-refractivity contribution is 5.87. The molecule has 0 aliphatic rings. The molecule has 158 valence electrons. The third kappa shape index (κ3) is 4.27. The van der Waals surface area contributed by atoms with Crippen molar-refractivity contribution in [1.82, 2.24) is 9.38 Å². The molecule has 2 aromatic carbocycles. The Morgan fingerprint density at radius 2 is 1.65 bits per heavy atom. The number of para-hydroxylation sites is 3. The van der Waals surface area contributed by atoms with E-state index in [1.165, 1.54) is 37.7 Å². The van der Waals surface area contributed by atoms with E-state index in [1.54, 1.807) is 0 Å². The molecule has 0 radical (unpaired) electrons. The summed E-state index contributed by atoms with van der Waals surface area (Å²) in [6.45, 7) is 4.32. The van der Waals surface area contributed by atoms with Crippen LogP contribution < -0.4 is 5.32 Å². The van der Waals surface area contributed by atoms with Crippen molar-refractivity contribution in [3.05, 3.63) is 71.3 Å². The number of nitrogens with zero attached hydrogens (tertiary/aromatic N) is 3. The van der Waals surface area contributed by atoms with Crippen LogP contribution in [0.25, 0.3) is 16.7 Å². The van der Waals surface area contributed by atoms with Gasteiger partial charge in [-0.3, -0.25) is 4.40 Å². The summed E-state index contributed by atoms with van der Waals surface area (Å²) in [5.41, 5.74) is 6.63. The number of rotatable bonds is 9. The third-order valence-corrected chi connectivity index (χ3v) is 6.05. The van der Waals surface area contributed by atoms with Gasteiger partial charge < -0.3 is 5.32 Å². The van der Waals surface area contributed by atoms with E-state index in [-0.39, 0.29) is 0 Å². The number of imidazole rings is 1. The van der Waals surface area contributed by atoms with Crippen molar-refractivity contribution in [2.45, 2.75) is 58.8 Å². The zero-order chi connectivity index (χ0) is 21.6. The van der Waals surface area contributed by atoms with Gasteiger partial charge in [0.1, 0.15) is 11.9 Å². The molecule has 0 atom stereocenters. The number of unbranched alkanes of at least 4 members (excludes halogenated alkanes) is 5. The number of pyridine rings is 1. The van der Waals surface area contributed by atoms with E-state index in [2.05, 4.69) is 47.8 Å². The lowest BCUT2D eigenvalue weighted by Gasteiger charge is -2.19. The summed E-state index contributed by atoms with van der Waals surface area (Å²) < 4.78 is 2.14. The number of benzene rings is 2. The van der Waals surface area contributed by atoms with Crippen LogP contribution in [-0.2, 0) is 6.42 Å². The first-order chi connectivity index (χ1) is 15.2. The summed E-state index contributed by atoms with van der Waals surface area (Å²) >= 11 is 0. The maximum absolute atomic E-state index is 9.99. The van der Waals surface area contributed by atoms with Crippen molar-refractivity contribution in [2.75, 3.05) is 5.32 Å². The fourth-order valence-corrected chi connectivity index (χ4v) is 4.36. The quantitative estimate of drug-likeness (QED) is 0.294. The molecule has 0 bridgehead atoms. The predicted molar refractivity (Wildman–Crippen MR) is 129 cm³/mol. The molecular weight excluding hydrogens is 380 g/mol. The van der Waals surface area contributed by atoms with Crippen LogP contribution in [-0.4, -0.2) is 9.38 Å². The topological polar surface area (TPSA) is 53.1 Å². The van der Waals surface area contributed by atoms with Gasteiger partial charge in [0, 0.05) is 5.69 Å². The lowest BCUT2D eigenvalue weighted by molar-refractivity contribution is 0.607. The van der Waals surface area contributed by atoms with Crippen molar-refractivity contribution in [2.24, 2.45) is 0 Å². The van der Waals surface area contributed by atoms with E-state index in [1.807, 2.05) is 36.4 Å². The molecule has 0 fully saturated rings. The molecule has 31 heavy (non-hydrogen) atoms. The van der Waals surface area contributed by atoms with Gasteiger partial charge in [-0.1, -0.05) is 69.4 Å². The highest BCUT2D eigenvalue weighted by Crippen LogP contribution is 2.33. The Morgan fingerprint density at radius 3 is 2.42 bits per heavy atom. The molecule has 2 heterocycles. The Bertz CT molecular complexity index is 1220. The number of hydrogen-bond donors (Lipinski definition) is 1. The Labute approximate surface area is 184 Å². The van der Waals surface area contributed by atoms with Crippen LogP contribution in [0.4, 0.5) is 11.5 Å². The van der Waals surface area contributed by atoms with E-state index in [0.717, 1.165) is 46.6 Å². The van der Waals surface area contributed by atoms with Gasteiger partial charge in [0.2, 0.25) is 0 Å². The van der Waals surface area contributed by atoms with E-state index < -0.39 is 0 Å². The lowest BCUT2D eigenvalue weighted by Crippen LogP contribution is -2.08. The Kier molecular flexibility index (Phi) is 6.52. The van der Waals surface area contributed by atoms with Crippen LogP contribution in [0, 0.1) is 18.3 Å². The first kappa shape index (κ1) is 20.9. The van der Waals surface area contributed by atoms with Crippen molar-refractivity contribution in [1.29, 1.82) is 5.26 Å². The molecule has 4 heteroatoms. The van der Waals surface area contributed by atoms with Gasteiger partial charge in [-0.2, -0.15) is 5.26 Å². The summed E-state index contributed by atoms with van der Waals surface area (Å²) in [6, 6.07) is 20.8. The molecule has 0 saturated carbocycles. The highest BCUT2D eigenvalue weighted by atomic mass is 15.1. The zero-order valence-electron chi connectivity index (χ0n) is 18.5. The summed E-state index contributed by atoms with van der Waals surface area (Å²) in [5, 5.41) is 13.7. The number of nitriles is 1. The maximum atomic E-state index is 9.99. The monoisotopic (exact) mass is 410 g/mol. The van der Waals surface area contributed by atoms with Crippen LogP contribution in [0.15, 0.2) is 54.6 Å². The zero-order valence-corrected chi connectivity index (χ0v) is 18.5. The fraction of sp³-hybridized carbons (Fsp3) is 0.333. The predicted octanol–water partition coefficient (Wildman–Crippen LogP) is 7.31. The van der Waals surface area contributed by atoms with E-state index in [0.29, 0.717) is 5.56 Å². The molecule has 4 nitrogen and oxygen atoms in total. The second-order valence-electron chi connectivity index (χ2n) is 8.21. The van der Waals surface area contributed by atoms with Crippen molar-refractivity contribution >= 4 is 28.2 Å². The van der Waals surface area contributed by atoms with Gasteiger partial charge in [-0.25, -0.2) is 4.98 Å². The average molecular weight is 411 g/mol.